The first kappa shape index (κ1) is 9.11. The first-order valence-corrected chi connectivity index (χ1v) is 4.55. The molecule has 0 atom stereocenters. The van der Waals surface area contributed by atoms with Crippen molar-refractivity contribution in [3.8, 4) is 0 Å². The molecule has 0 aliphatic rings. The topological polar surface area (TPSA) is 12.0 Å². The van der Waals surface area contributed by atoms with E-state index in [-0.39, 0.29) is 0 Å². The minimum Gasteiger partial charge on any atom is -0.385 e. The Bertz CT molecular complexity index is 253. The monoisotopic (exact) mass is 163 g/mol. The molecule has 1 nitrogen and oxygen atoms in total. The molecular formula is C11H17N. The fraction of sp³-hybridized carbons (Fsp3) is 0.455. The lowest BCUT2D eigenvalue weighted by molar-refractivity contribution is 0.977. The number of benzene rings is 1. The molecule has 0 saturated carbocycles. The molecule has 0 unspecified atom stereocenters. The second-order valence-corrected chi connectivity index (χ2v) is 3.25. The summed E-state index contributed by atoms with van der Waals surface area (Å²) in [4.78, 5) is 0. The lowest BCUT2D eigenvalue weighted by Crippen LogP contribution is -2.01. The van der Waals surface area contributed by atoms with Crippen LogP contribution in [0, 0.1) is 13.8 Å². The maximum Gasteiger partial charge on any atom is 0.0372 e. The van der Waals surface area contributed by atoms with Gasteiger partial charge in [0.15, 0.2) is 0 Å². The van der Waals surface area contributed by atoms with Gasteiger partial charge in [0.25, 0.3) is 0 Å². The van der Waals surface area contributed by atoms with Crippen molar-refractivity contribution in [2.75, 3.05) is 11.9 Å². The Labute approximate surface area is 74.8 Å². The van der Waals surface area contributed by atoms with E-state index in [1.54, 1.807) is 0 Å². The van der Waals surface area contributed by atoms with E-state index in [4.69, 9.17) is 0 Å². The molecule has 66 valence electrons. The van der Waals surface area contributed by atoms with Gasteiger partial charge in [-0.1, -0.05) is 19.1 Å². The molecule has 1 rings (SSSR count). The number of anilines is 1. The molecule has 0 spiro atoms. The highest BCUT2D eigenvalue weighted by molar-refractivity contribution is 5.52. The predicted molar refractivity (Wildman–Crippen MR) is 54.7 cm³/mol. The zero-order valence-electron chi connectivity index (χ0n) is 8.15. The Balaban J connectivity index is 2.75. The number of hydrogen-bond acceptors (Lipinski definition) is 1. The molecule has 12 heavy (non-hydrogen) atoms. The summed E-state index contributed by atoms with van der Waals surface area (Å²) >= 11 is 0. The Morgan fingerprint density at radius 3 is 2.67 bits per heavy atom. The van der Waals surface area contributed by atoms with Gasteiger partial charge in [-0.25, -0.2) is 0 Å². The molecule has 0 saturated heterocycles. The van der Waals surface area contributed by atoms with Crippen LogP contribution in [0.2, 0.25) is 0 Å². The van der Waals surface area contributed by atoms with Crippen molar-refractivity contribution in [3.05, 3.63) is 29.3 Å². The van der Waals surface area contributed by atoms with Gasteiger partial charge < -0.3 is 5.32 Å². The summed E-state index contributed by atoms with van der Waals surface area (Å²) in [6.07, 6.45) is 1.17. The van der Waals surface area contributed by atoms with Gasteiger partial charge in [-0.05, 0) is 37.5 Å². The average Bonchev–Trinajstić information content (AvgIpc) is 2.07. The van der Waals surface area contributed by atoms with E-state index in [1.165, 1.54) is 23.2 Å². The van der Waals surface area contributed by atoms with Crippen LogP contribution in [0.4, 0.5) is 5.69 Å². The molecule has 0 radical (unpaired) electrons. The van der Waals surface area contributed by atoms with Crippen LogP contribution >= 0.6 is 0 Å². The Morgan fingerprint density at radius 1 is 1.25 bits per heavy atom. The van der Waals surface area contributed by atoms with Crippen LogP contribution in [0.25, 0.3) is 0 Å². The number of nitrogens with one attached hydrogen (secondary N) is 1. The summed E-state index contributed by atoms with van der Waals surface area (Å²) in [6, 6.07) is 6.50. The average molecular weight is 163 g/mol. The smallest absolute Gasteiger partial charge is 0.0372 e. The molecule has 0 amide bonds. The van der Waals surface area contributed by atoms with Crippen LogP contribution < -0.4 is 5.32 Å². The van der Waals surface area contributed by atoms with Gasteiger partial charge in [0.1, 0.15) is 0 Å². The molecule has 1 N–H and O–H groups in total. The summed E-state index contributed by atoms with van der Waals surface area (Å²) in [6.45, 7) is 7.50. The Kier molecular flexibility index (Phi) is 3.15. The van der Waals surface area contributed by atoms with Crippen molar-refractivity contribution in [3.63, 3.8) is 0 Å². The standard InChI is InChI=1S/C11H17N/c1-4-7-12-11-8-9(2)5-6-10(11)3/h5-6,8,12H,4,7H2,1-3H3. The van der Waals surface area contributed by atoms with Gasteiger partial charge in [-0.15, -0.1) is 0 Å². The highest BCUT2D eigenvalue weighted by Crippen LogP contribution is 2.15. The zero-order chi connectivity index (χ0) is 8.97. The summed E-state index contributed by atoms with van der Waals surface area (Å²) in [5.41, 5.74) is 3.92. The second kappa shape index (κ2) is 4.15. The van der Waals surface area contributed by atoms with Crippen molar-refractivity contribution in [1.29, 1.82) is 0 Å². The van der Waals surface area contributed by atoms with Gasteiger partial charge in [0.2, 0.25) is 0 Å². The van der Waals surface area contributed by atoms with Crippen LogP contribution in [-0.4, -0.2) is 6.54 Å². The summed E-state index contributed by atoms with van der Waals surface area (Å²) in [5.74, 6) is 0. The molecule has 0 aromatic heterocycles. The Hall–Kier alpha value is -0.980. The summed E-state index contributed by atoms with van der Waals surface area (Å²) in [7, 11) is 0. The van der Waals surface area contributed by atoms with Gasteiger partial charge in [0, 0.05) is 12.2 Å². The van der Waals surface area contributed by atoms with Gasteiger partial charge >= 0.3 is 0 Å². The van der Waals surface area contributed by atoms with E-state index in [0.29, 0.717) is 0 Å². The minimum atomic E-state index is 1.06. The van der Waals surface area contributed by atoms with Gasteiger partial charge in [-0.2, -0.15) is 0 Å². The fourth-order valence-corrected chi connectivity index (χ4v) is 1.19. The van der Waals surface area contributed by atoms with Crippen LogP contribution in [0.15, 0.2) is 18.2 Å². The van der Waals surface area contributed by atoms with Gasteiger partial charge in [-0.3, -0.25) is 0 Å². The van der Waals surface area contributed by atoms with Crippen LogP contribution in [-0.2, 0) is 0 Å². The van der Waals surface area contributed by atoms with Crippen LogP contribution in [0.5, 0.6) is 0 Å². The van der Waals surface area contributed by atoms with Crippen molar-refractivity contribution in [2.24, 2.45) is 0 Å². The van der Waals surface area contributed by atoms with E-state index < -0.39 is 0 Å². The first-order chi connectivity index (χ1) is 5.74. The zero-order valence-corrected chi connectivity index (χ0v) is 8.15. The van der Waals surface area contributed by atoms with Crippen LogP contribution in [0.1, 0.15) is 24.5 Å². The normalized spacial score (nSPS) is 9.92. The van der Waals surface area contributed by atoms with E-state index in [9.17, 15) is 0 Å². The van der Waals surface area contributed by atoms with E-state index >= 15 is 0 Å². The SMILES string of the molecule is CCCNc1cc(C)ccc1C. The first-order valence-electron chi connectivity index (χ1n) is 4.55. The summed E-state index contributed by atoms with van der Waals surface area (Å²) < 4.78 is 0. The van der Waals surface area contributed by atoms with Crippen molar-refractivity contribution >= 4 is 5.69 Å². The molecule has 0 fully saturated rings. The van der Waals surface area contributed by atoms with Crippen molar-refractivity contribution in [2.45, 2.75) is 27.2 Å². The maximum atomic E-state index is 3.40. The quantitative estimate of drug-likeness (QED) is 0.722. The lowest BCUT2D eigenvalue weighted by Gasteiger charge is -2.08. The molecule has 1 aromatic rings. The maximum absolute atomic E-state index is 3.40. The van der Waals surface area contributed by atoms with E-state index in [0.717, 1.165) is 6.54 Å². The third kappa shape index (κ3) is 2.26. The van der Waals surface area contributed by atoms with Crippen LogP contribution in [0.3, 0.4) is 0 Å². The third-order valence-electron chi connectivity index (χ3n) is 1.96. The molecule has 1 heteroatoms. The summed E-state index contributed by atoms with van der Waals surface area (Å²) in [5, 5.41) is 3.40. The predicted octanol–water partition coefficient (Wildman–Crippen LogP) is 3.13. The van der Waals surface area contributed by atoms with Crippen molar-refractivity contribution in [1.82, 2.24) is 0 Å². The minimum absolute atomic E-state index is 1.06. The van der Waals surface area contributed by atoms with Crippen molar-refractivity contribution < 1.29 is 0 Å². The van der Waals surface area contributed by atoms with E-state index in [2.05, 4.69) is 44.3 Å². The number of hydrogen-bond donors (Lipinski definition) is 1. The molecule has 0 aliphatic carbocycles. The second-order valence-electron chi connectivity index (χ2n) is 3.25. The lowest BCUT2D eigenvalue weighted by atomic mass is 10.1. The highest BCUT2D eigenvalue weighted by Gasteiger charge is 1.95. The molecular weight excluding hydrogens is 146 g/mol. The Morgan fingerprint density at radius 2 is 2.00 bits per heavy atom. The largest absolute Gasteiger partial charge is 0.385 e. The number of aryl methyl sites for hydroxylation is 2. The number of rotatable bonds is 3. The molecule has 1 aromatic carbocycles. The third-order valence-corrected chi connectivity index (χ3v) is 1.96. The highest BCUT2D eigenvalue weighted by atomic mass is 14.9. The molecule has 0 bridgehead atoms. The molecule has 0 aliphatic heterocycles. The van der Waals surface area contributed by atoms with Gasteiger partial charge in [0.05, 0.1) is 0 Å². The molecule has 0 heterocycles. The van der Waals surface area contributed by atoms with E-state index in [1.807, 2.05) is 0 Å². The fourth-order valence-electron chi connectivity index (χ4n) is 1.19.